The number of H-pyrrole nitrogens is 1. The minimum Gasteiger partial charge on any atom is -0.361 e. The third-order valence-electron chi connectivity index (χ3n) is 5.84. The quantitative estimate of drug-likeness (QED) is 0.365. The zero-order valence-electron chi connectivity index (χ0n) is 19.6. The molecule has 1 unspecified atom stereocenters. The maximum atomic E-state index is 5.07. The molecule has 2 aromatic rings. The van der Waals surface area contributed by atoms with E-state index >= 15 is 0 Å². The first-order valence-electron chi connectivity index (χ1n) is 12.2. The predicted molar refractivity (Wildman–Crippen MR) is 126 cm³/mol. The van der Waals surface area contributed by atoms with E-state index in [1.807, 2.05) is 13.8 Å². The number of pyridine rings is 1. The summed E-state index contributed by atoms with van der Waals surface area (Å²) in [5.41, 5.74) is 4.16. The van der Waals surface area contributed by atoms with Crippen LogP contribution >= 0.6 is 0 Å². The molecule has 0 radical (unpaired) electrons. The molecule has 1 N–H and O–H groups in total. The Morgan fingerprint density at radius 1 is 0.786 bits per heavy atom. The smallest absolute Gasteiger partial charge is 0.0528 e. The van der Waals surface area contributed by atoms with Crippen molar-refractivity contribution in [1.29, 1.82) is 0 Å². The molecule has 0 aromatic carbocycles. The van der Waals surface area contributed by atoms with Crippen LogP contribution in [-0.4, -0.2) is 9.97 Å². The molecule has 2 heterocycles. The highest BCUT2D eigenvalue weighted by Gasteiger charge is 2.20. The molecule has 0 bridgehead atoms. The minimum absolute atomic E-state index is 0.608. The topological polar surface area (TPSA) is 28.7 Å². The van der Waals surface area contributed by atoms with Gasteiger partial charge in [0.25, 0.3) is 0 Å². The van der Waals surface area contributed by atoms with Crippen molar-refractivity contribution in [3.05, 3.63) is 29.7 Å². The van der Waals surface area contributed by atoms with E-state index in [2.05, 4.69) is 51.1 Å². The summed E-state index contributed by atoms with van der Waals surface area (Å²) in [6.07, 6.45) is 18.4. The van der Waals surface area contributed by atoms with E-state index in [1.54, 1.807) is 0 Å². The summed E-state index contributed by atoms with van der Waals surface area (Å²) in [5.74, 6) is 1.26. The summed E-state index contributed by atoms with van der Waals surface area (Å²) in [6.45, 7) is 13.2. The molecule has 2 heteroatoms. The highest BCUT2D eigenvalue weighted by Crippen LogP contribution is 2.36. The molecule has 0 spiro atoms. The molecule has 0 saturated heterocycles. The first-order valence-corrected chi connectivity index (χ1v) is 12.2. The third-order valence-corrected chi connectivity index (χ3v) is 5.84. The fourth-order valence-corrected chi connectivity index (χ4v) is 4.30. The van der Waals surface area contributed by atoms with E-state index in [4.69, 9.17) is 4.98 Å². The Hall–Kier alpha value is -1.31. The first kappa shape index (κ1) is 24.7. The average molecular weight is 387 g/mol. The van der Waals surface area contributed by atoms with E-state index in [0.717, 1.165) is 0 Å². The summed E-state index contributed by atoms with van der Waals surface area (Å²) in [7, 11) is 0. The Kier molecular flexibility index (Phi) is 12.9. The van der Waals surface area contributed by atoms with Crippen molar-refractivity contribution in [2.24, 2.45) is 0 Å². The highest BCUT2D eigenvalue weighted by molar-refractivity contribution is 5.85. The summed E-state index contributed by atoms with van der Waals surface area (Å²) in [4.78, 5) is 8.64. The van der Waals surface area contributed by atoms with Gasteiger partial charge in [0.05, 0.1) is 11.2 Å². The van der Waals surface area contributed by atoms with Gasteiger partial charge in [-0.05, 0) is 43.2 Å². The average Bonchev–Trinajstić information content (AvgIpc) is 3.22. The molecular formula is C26H46N2. The SMILES string of the molecule is CC.CCCCC(CCC)c1ncc(C(CCCC)CCCC)c2[nH]ccc12. The number of unbranched alkanes of at least 4 members (excludes halogenated alkanes) is 3. The second-order valence-electron chi connectivity index (χ2n) is 7.97. The van der Waals surface area contributed by atoms with Gasteiger partial charge in [-0.1, -0.05) is 86.5 Å². The van der Waals surface area contributed by atoms with Gasteiger partial charge in [0.2, 0.25) is 0 Å². The number of hydrogen-bond donors (Lipinski definition) is 1. The molecule has 28 heavy (non-hydrogen) atoms. The maximum absolute atomic E-state index is 5.07. The van der Waals surface area contributed by atoms with Crippen LogP contribution in [0.5, 0.6) is 0 Å². The summed E-state index contributed by atoms with van der Waals surface area (Å²) in [6, 6.07) is 2.27. The fraction of sp³-hybridized carbons (Fsp3) is 0.731. The van der Waals surface area contributed by atoms with E-state index in [0.29, 0.717) is 11.8 Å². The Bertz CT molecular complexity index is 620. The lowest BCUT2D eigenvalue weighted by molar-refractivity contribution is 0.521. The second kappa shape index (κ2) is 14.7. The Morgan fingerprint density at radius 2 is 1.36 bits per heavy atom. The number of rotatable bonds is 13. The number of nitrogens with zero attached hydrogens (tertiary/aromatic N) is 1. The van der Waals surface area contributed by atoms with Crippen LogP contribution in [0.25, 0.3) is 10.9 Å². The van der Waals surface area contributed by atoms with E-state index < -0.39 is 0 Å². The molecule has 2 aromatic heterocycles. The van der Waals surface area contributed by atoms with Gasteiger partial charge in [-0.25, -0.2) is 0 Å². The van der Waals surface area contributed by atoms with Crippen molar-refractivity contribution in [3.8, 4) is 0 Å². The van der Waals surface area contributed by atoms with Gasteiger partial charge >= 0.3 is 0 Å². The van der Waals surface area contributed by atoms with Gasteiger partial charge in [-0.3, -0.25) is 4.98 Å². The van der Waals surface area contributed by atoms with Gasteiger partial charge < -0.3 is 4.98 Å². The molecule has 0 aliphatic carbocycles. The van der Waals surface area contributed by atoms with E-state index in [9.17, 15) is 0 Å². The summed E-state index contributed by atoms with van der Waals surface area (Å²) >= 11 is 0. The van der Waals surface area contributed by atoms with Crippen molar-refractivity contribution < 1.29 is 0 Å². The van der Waals surface area contributed by atoms with Gasteiger partial charge in [0.1, 0.15) is 0 Å². The van der Waals surface area contributed by atoms with Crippen molar-refractivity contribution >= 4 is 10.9 Å². The van der Waals surface area contributed by atoms with Crippen molar-refractivity contribution in [2.45, 2.75) is 124 Å². The fourth-order valence-electron chi connectivity index (χ4n) is 4.30. The lowest BCUT2D eigenvalue weighted by Gasteiger charge is -2.21. The second-order valence-corrected chi connectivity index (χ2v) is 7.97. The molecule has 160 valence electrons. The maximum Gasteiger partial charge on any atom is 0.0528 e. The predicted octanol–water partition coefficient (Wildman–Crippen LogP) is 9.13. The van der Waals surface area contributed by atoms with Gasteiger partial charge in [0, 0.05) is 23.7 Å². The standard InChI is InChI=1S/C24H40N2.C2H6/c1-5-9-13-19(14-10-6-2)22-18-26-23(21-16-17-25-24(21)22)20(12-8-4)15-11-7-3;1-2/h16-20,25H,5-15H2,1-4H3;1-2H3. The molecule has 1 atom stereocenters. The molecule has 0 aliphatic heterocycles. The van der Waals surface area contributed by atoms with Gasteiger partial charge in [0.15, 0.2) is 0 Å². The Morgan fingerprint density at radius 3 is 1.89 bits per heavy atom. The van der Waals surface area contributed by atoms with Crippen LogP contribution in [0.2, 0.25) is 0 Å². The monoisotopic (exact) mass is 386 g/mol. The van der Waals surface area contributed by atoms with Crippen LogP contribution in [0.15, 0.2) is 18.5 Å². The van der Waals surface area contributed by atoms with Gasteiger partial charge in [-0.2, -0.15) is 0 Å². The molecule has 2 rings (SSSR count). The van der Waals surface area contributed by atoms with Crippen molar-refractivity contribution in [3.63, 3.8) is 0 Å². The molecule has 2 nitrogen and oxygen atoms in total. The van der Waals surface area contributed by atoms with Crippen LogP contribution in [0, 0.1) is 0 Å². The molecule has 0 saturated carbocycles. The molecule has 0 amide bonds. The lowest BCUT2D eigenvalue weighted by Crippen LogP contribution is -2.06. The van der Waals surface area contributed by atoms with Crippen molar-refractivity contribution in [1.82, 2.24) is 9.97 Å². The summed E-state index contributed by atoms with van der Waals surface area (Å²) in [5, 5.41) is 1.38. The first-order chi connectivity index (χ1) is 13.8. The Labute approximate surface area is 174 Å². The number of aromatic amines is 1. The molecule has 0 aliphatic rings. The van der Waals surface area contributed by atoms with Gasteiger partial charge in [-0.15, -0.1) is 0 Å². The number of hydrogen-bond acceptors (Lipinski definition) is 1. The zero-order valence-corrected chi connectivity index (χ0v) is 19.6. The zero-order chi connectivity index (χ0) is 20.8. The highest BCUT2D eigenvalue weighted by atomic mass is 14.7. The van der Waals surface area contributed by atoms with Crippen LogP contribution in [0.4, 0.5) is 0 Å². The normalized spacial score (nSPS) is 12.2. The summed E-state index contributed by atoms with van der Waals surface area (Å²) < 4.78 is 0. The molecule has 0 fully saturated rings. The largest absolute Gasteiger partial charge is 0.361 e. The van der Waals surface area contributed by atoms with Crippen LogP contribution < -0.4 is 0 Å². The lowest BCUT2D eigenvalue weighted by atomic mass is 9.86. The van der Waals surface area contributed by atoms with E-state index in [-0.39, 0.29) is 0 Å². The number of aromatic nitrogens is 2. The van der Waals surface area contributed by atoms with E-state index in [1.165, 1.54) is 92.8 Å². The Balaban J connectivity index is 0.00000190. The minimum atomic E-state index is 0.608. The van der Waals surface area contributed by atoms with Crippen molar-refractivity contribution in [2.75, 3.05) is 0 Å². The van der Waals surface area contributed by atoms with Crippen LogP contribution in [0.3, 0.4) is 0 Å². The third kappa shape index (κ3) is 6.94. The van der Waals surface area contributed by atoms with Crippen LogP contribution in [-0.2, 0) is 0 Å². The number of nitrogens with one attached hydrogen (secondary N) is 1. The molecular weight excluding hydrogens is 340 g/mol. The van der Waals surface area contributed by atoms with Crippen LogP contribution in [0.1, 0.15) is 135 Å². The number of fused-ring (bicyclic) bond motifs is 1.